The number of benzene rings is 3. The van der Waals surface area contributed by atoms with Crippen molar-refractivity contribution in [1.29, 1.82) is 0 Å². The van der Waals surface area contributed by atoms with Gasteiger partial charge in [-0.2, -0.15) is 0 Å². The van der Waals surface area contributed by atoms with Crippen LogP contribution >= 0.6 is 11.8 Å². The SMILES string of the molecule is C=CCO[C@@]12Oc3ccc(Oc4ccc(SC)cc4)cc3[C@H]3[C@H](CCCCO)[C@@H](CCCCO)C=C(C(=NOCC)C[C@@H]1N(C)C(=O)OCc1ccccc1)[C@H]32. The van der Waals surface area contributed by atoms with E-state index in [-0.39, 0.29) is 44.2 Å². The van der Waals surface area contributed by atoms with Gasteiger partial charge in [0.05, 0.1) is 18.2 Å². The van der Waals surface area contributed by atoms with Crippen molar-refractivity contribution in [3.8, 4) is 17.2 Å². The molecule has 0 saturated heterocycles. The van der Waals surface area contributed by atoms with Gasteiger partial charge in [-0.15, -0.1) is 18.3 Å². The van der Waals surface area contributed by atoms with Crippen LogP contribution in [0.5, 0.6) is 17.2 Å². The molecule has 0 bridgehead atoms. The molecule has 3 aromatic rings. The number of carbonyl (C=O) groups excluding carboxylic acids is 1. The fourth-order valence-electron chi connectivity index (χ4n) is 8.66. The molecule has 0 radical (unpaired) electrons. The molecule has 1 fully saturated rings. The molecule has 6 atom stereocenters. The maximum absolute atomic E-state index is 14.0. The Bertz CT molecular complexity index is 1820. The van der Waals surface area contributed by atoms with Crippen molar-refractivity contribution in [3.63, 3.8) is 0 Å². The van der Waals surface area contributed by atoms with Gasteiger partial charge in [0.1, 0.15) is 36.5 Å². The molecule has 1 saturated carbocycles. The Morgan fingerprint density at radius 3 is 2.45 bits per heavy atom. The van der Waals surface area contributed by atoms with Crippen molar-refractivity contribution in [3.05, 3.63) is 108 Å². The summed E-state index contributed by atoms with van der Waals surface area (Å²) in [5, 5.41) is 24.4. The number of ether oxygens (including phenoxy) is 4. The van der Waals surface area contributed by atoms with E-state index in [1.807, 2.05) is 79.9 Å². The van der Waals surface area contributed by atoms with Crippen molar-refractivity contribution in [2.45, 2.75) is 81.1 Å². The summed E-state index contributed by atoms with van der Waals surface area (Å²) >= 11 is 1.68. The fraction of sp³-hybridized carbons (Fsp3) is 0.467. The molecule has 3 aliphatic rings. The monoisotopic (exact) mass is 784 g/mol. The highest BCUT2D eigenvalue weighted by Gasteiger charge is 2.65. The first-order valence-electron chi connectivity index (χ1n) is 19.8. The Kier molecular flexibility index (Phi) is 14.6. The van der Waals surface area contributed by atoms with Crippen molar-refractivity contribution >= 4 is 23.6 Å². The van der Waals surface area contributed by atoms with E-state index in [1.165, 1.54) is 0 Å². The van der Waals surface area contributed by atoms with Crippen molar-refractivity contribution < 1.29 is 38.8 Å². The molecule has 0 aromatic heterocycles. The number of likely N-dealkylation sites (N-methyl/N-ethyl adjacent to an activating group) is 1. The first-order valence-corrected chi connectivity index (χ1v) is 21.1. The quantitative estimate of drug-likeness (QED) is 0.0531. The van der Waals surface area contributed by atoms with Gasteiger partial charge in [-0.1, -0.05) is 60.5 Å². The topological polar surface area (TPSA) is 119 Å². The third-order valence-electron chi connectivity index (χ3n) is 11.2. The van der Waals surface area contributed by atoms with Gasteiger partial charge in [-0.3, -0.25) is 0 Å². The zero-order chi connectivity index (χ0) is 39.5. The van der Waals surface area contributed by atoms with Gasteiger partial charge in [-0.05, 0) is 104 Å². The Hall–Kier alpha value is -4.29. The molecule has 1 aliphatic heterocycles. The van der Waals surface area contributed by atoms with E-state index < -0.39 is 23.8 Å². The number of aliphatic hydroxyl groups excluding tert-OH is 2. The van der Waals surface area contributed by atoms with Gasteiger partial charge in [0, 0.05) is 43.1 Å². The number of thioether (sulfide) groups is 1. The van der Waals surface area contributed by atoms with E-state index in [0.717, 1.165) is 58.7 Å². The molecular weight excluding hydrogens is 729 g/mol. The molecule has 56 heavy (non-hydrogen) atoms. The minimum atomic E-state index is -1.36. The first kappa shape index (κ1) is 41.3. The predicted molar refractivity (Wildman–Crippen MR) is 219 cm³/mol. The average molecular weight is 785 g/mol. The molecule has 1 amide bonds. The van der Waals surface area contributed by atoms with E-state index in [0.29, 0.717) is 37.4 Å². The standard InChI is InChI=1S/C45H56N2O8S/c1-5-26-52-45-41(47(3)44(50)51-30-31-14-8-7-9-15-31)29-39(46-53-6-2)37-27-32(16-10-12-24-48)36(17-11-13-25-49)42(43(37)45)38-28-34(20-23-40(38)55-45)54-33-18-21-35(56-4)22-19-33/h5,7-9,14-15,18-23,27-28,32,36,41-43,48-49H,1,6,10-13,16-17,24-26,29-30H2,2-4H3/t32-,36+,41-,42+,43+,45+/m0/s1. The number of amides is 1. The lowest BCUT2D eigenvalue weighted by Crippen LogP contribution is -2.69. The number of hydrogen-bond acceptors (Lipinski definition) is 10. The lowest BCUT2D eigenvalue weighted by atomic mass is 9.55. The molecule has 10 nitrogen and oxygen atoms in total. The van der Waals surface area contributed by atoms with Gasteiger partial charge < -0.3 is 38.9 Å². The Balaban J connectivity index is 1.51. The van der Waals surface area contributed by atoms with Crippen LogP contribution in [0.1, 0.15) is 68.9 Å². The summed E-state index contributed by atoms with van der Waals surface area (Å²) in [6.07, 6.45) is 10.6. The van der Waals surface area contributed by atoms with Crippen LogP contribution in [0.25, 0.3) is 0 Å². The van der Waals surface area contributed by atoms with Crippen LogP contribution in [0, 0.1) is 17.8 Å². The van der Waals surface area contributed by atoms with E-state index in [1.54, 1.807) is 29.8 Å². The number of fused-ring (bicyclic) bond motifs is 2. The molecule has 11 heteroatoms. The van der Waals surface area contributed by atoms with Crippen LogP contribution < -0.4 is 9.47 Å². The van der Waals surface area contributed by atoms with Crippen LogP contribution in [0.2, 0.25) is 0 Å². The molecule has 1 heterocycles. The van der Waals surface area contributed by atoms with Crippen LogP contribution in [-0.2, 0) is 20.9 Å². The number of aliphatic hydroxyl groups is 2. The number of rotatable bonds is 19. The summed E-state index contributed by atoms with van der Waals surface area (Å²) in [6.45, 7) is 6.80. The lowest BCUT2D eigenvalue weighted by Gasteiger charge is -2.59. The maximum atomic E-state index is 14.0. The first-order chi connectivity index (χ1) is 27.4. The molecular formula is C45H56N2O8S. The highest BCUT2D eigenvalue weighted by molar-refractivity contribution is 7.98. The van der Waals surface area contributed by atoms with Gasteiger partial charge in [-0.25, -0.2) is 4.79 Å². The normalized spacial score (nSPS) is 24.3. The Morgan fingerprint density at radius 2 is 1.75 bits per heavy atom. The molecule has 3 aromatic carbocycles. The zero-order valence-corrected chi connectivity index (χ0v) is 33.6. The minimum Gasteiger partial charge on any atom is -0.459 e. The number of nitrogens with zero attached hydrogens (tertiary/aromatic N) is 2. The van der Waals surface area contributed by atoms with E-state index in [2.05, 4.69) is 18.7 Å². The number of carbonyl (C=O) groups is 1. The summed E-state index contributed by atoms with van der Waals surface area (Å²) in [5.41, 5.74) is 3.59. The predicted octanol–water partition coefficient (Wildman–Crippen LogP) is 9.12. The van der Waals surface area contributed by atoms with Crippen LogP contribution in [0.15, 0.2) is 107 Å². The second-order valence-electron chi connectivity index (χ2n) is 14.6. The van der Waals surface area contributed by atoms with Gasteiger partial charge in [0.25, 0.3) is 0 Å². The van der Waals surface area contributed by atoms with Gasteiger partial charge >= 0.3 is 6.09 Å². The Morgan fingerprint density at radius 1 is 1.02 bits per heavy atom. The summed E-state index contributed by atoms with van der Waals surface area (Å²) in [7, 11) is 1.73. The number of hydrogen-bond donors (Lipinski definition) is 2. The summed E-state index contributed by atoms with van der Waals surface area (Å²) in [5.74, 6) is 0.362. The van der Waals surface area contributed by atoms with Crippen LogP contribution in [0.3, 0.4) is 0 Å². The minimum absolute atomic E-state index is 0.0990. The van der Waals surface area contributed by atoms with Crippen LogP contribution in [-0.4, -0.2) is 78.5 Å². The highest BCUT2D eigenvalue weighted by Crippen LogP contribution is 2.62. The van der Waals surface area contributed by atoms with Gasteiger partial charge in [0.2, 0.25) is 5.79 Å². The smallest absolute Gasteiger partial charge is 0.410 e. The Labute approximate surface area is 335 Å². The van der Waals surface area contributed by atoms with Crippen molar-refractivity contribution in [2.24, 2.45) is 22.9 Å². The summed E-state index contributed by atoms with van der Waals surface area (Å²) in [4.78, 5) is 22.6. The molecule has 0 unspecified atom stereocenters. The molecule has 6 rings (SSSR count). The lowest BCUT2D eigenvalue weighted by molar-refractivity contribution is -0.253. The molecule has 300 valence electrons. The van der Waals surface area contributed by atoms with E-state index in [4.69, 9.17) is 28.9 Å². The van der Waals surface area contributed by atoms with E-state index in [9.17, 15) is 15.0 Å². The average Bonchev–Trinajstić information content (AvgIpc) is 3.23. The highest BCUT2D eigenvalue weighted by atomic mass is 32.2. The van der Waals surface area contributed by atoms with Gasteiger partial charge in [0.15, 0.2) is 0 Å². The van der Waals surface area contributed by atoms with Crippen molar-refractivity contribution in [1.82, 2.24) is 4.90 Å². The second kappa shape index (κ2) is 19.7. The largest absolute Gasteiger partial charge is 0.459 e. The number of unbranched alkanes of at least 4 members (excludes halogenated alkanes) is 2. The third-order valence-corrected chi connectivity index (χ3v) is 11.9. The molecule has 2 aliphatic carbocycles. The number of allylic oxidation sites excluding steroid dienone is 1. The summed E-state index contributed by atoms with van der Waals surface area (Å²) in [6, 6.07) is 22.9. The molecule has 0 spiro atoms. The zero-order valence-electron chi connectivity index (χ0n) is 32.8. The fourth-order valence-corrected chi connectivity index (χ4v) is 9.07. The second-order valence-corrected chi connectivity index (χ2v) is 15.5. The van der Waals surface area contributed by atoms with Crippen molar-refractivity contribution in [2.75, 3.05) is 39.7 Å². The summed E-state index contributed by atoms with van der Waals surface area (Å²) < 4.78 is 26.5. The number of oxime groups is 1. The molecule has 2 N–H and O–H groups in total. The maximum Gasteiger partial charge on any atom is 0.410 e. The van der Waals surface area contributed by atoms with E-state index >= 15 is 0 Å². The van der Waals surface area contributed by atoms with Crippen LogP contribution in [0.4, 0.5) is 4.79 Å². The third kappa shape index (κ3) is 9.12.